The number of non-ortho nitro benzene ring substituents is 1. The molecule has 9 nitrogen and oxygen atoms in total. The number of hydrogen-bond donors (Lipinski definition) is 1. The lowest BCUT2D eigenvalue weighted by molar-refractivity contribution is -0.384. The Balaban J connectivity index is 1.43. The molecule has 1 aliphatic rings. The van der Waals surface area contributed by atoms with Crippen molar-refractivity contribution >= 4 is 63.2 Å². The number of halogens is 1. The van der Waals surface area contributed by atoms with Crippen molar-refractivity contribution in [2.45, 2.75) is 13.2 Å². The number of rotatable bonds is 8. The number of nitrogens with zero attached hydrogens (tertiary/aromatic N) is 2. The van der Waals surface area contributed by atoms with Crippen LogP contribution in [0.25, 0.3) is 6.08 Å². The molecule has 0 spiro atoms. The van der Waals surface area contributed by atoms with Gasteiger partial charge in [0, 0.05) is 12.1 Å². The molecule has 1 aliphatic heterocycles. The molecule has 1 N–H and O–H groups in total. The molecule has 3 aromatic carbocycles. The Morgan fingerprint density at radius 3 is 2.50 bits per heavy atom. The molecule has 0 aliphatic carbocycles. The fraction of sp³-hybridized carbons (Fsp3) is 0.0800. The van der Waals surface area contributed by atoms with E-state index in [2.05, 4.69) is 22.6 Å². The summed E-state index contributed by atoms with van der Waals surface area (Å²) in [6, 6.07) is 17.6. The number of hydrogen-bond acceptors (Lipinski definition) is 7. The molecule has 0 atom stereocenters. The molecule has 1 saturated heterocycles. The van der Waals surface area contributed by atoms with Crippen LogP contribution in [-0.2, 0) is 17.9 Å². The zero-order valence-corrected chi connectivity index (χ0v) is 21.4. The highest BCUT2D eigenvalue weighted by Gasteiger charge is 2.35. The van der Waals surface area contributed by atoms with E-state index in [0.29, 0.717) is 16.9 Å². The third-order valence-electron chi connectivity index (χ3n) is 5.18. The van der Waals surface area contributed by atoms with Gasteiger partial charge in [0.15, 0.2) is 0 Å². The number of benzene rings is 3. The predicted molar refractivity (Wildman–Crippen MR) is 142 cm³/mol. The van der Waals surface area contributed by atoms with Crippen LogP contribution in [0.4, 0.5) is 10.5 Å². The average Bonchev–Trinajstić information content (AvgIpc) is 3.11. The maximum Gasteiger partial charge on any atom is 0.335 e. The second-order valence-electron chi connectivity index (χ2n) is 7.68. The first-order valence-electron chi connectivity index (χ1n) is 10.4. The average molecular weight is 616 g/mol. The van der Waals surface area contributed by atoms with Gasteiger partial charge in [0.05, 0.1) is 25.5 Å². The number of carboxylic acid groups (broad SMARTS) is 1. The van der Waals surface area contributed by atoms with Crippen LogP contribution in [0.3, 0.4) is 0 Å². The van der Waals surface area contributed by atoms with Crippen LogP contribution in [0.2, 0.25) is 0 Å². The smallest absolute Gasteiger partial charge is 0.335 e. The van der Waals surface area contributed by atoms with Crippen molar-refractivity contribution in [3.63, 3.8) is 0 Å². The first kappa shape index (κ1) is 25.4. The number of imide groups is 1. The van der Waals surface area contributed by atoms with E-state index in [4.69, 9.17) is 9.84 Å². The molecule has 36 heavy (non-hydrogen) atoms. The molecular formula is C25H17IN2O7S. The summed E-state index contributed by atoms with van der Waals surface area (Å²) in [6.07, 6.45) is 1.62. The van der Waals surface area contributed by atoms with Gasteiger partial charge in [0.25, 0.3) is 16.8 Å². The standard InChI is InChI=1S/C25H17IN2O7S/c26-20-11-16(6-9-21(20)35-14-15-4-7-18(8-5-15)24(30)31)12-22-23(29)27(25(32)36-22)13-17-2-1-3-19(10-17)28(33)34/h1-12H,13-14H2,(H,30,31)/b22-12+. The minimum absolute atomic E-state index is 0.0541. The Morgan fingerprint density at radius 1 is 1.08 bits per heavy atom. The van der Waals surface area contributed by atoms with Gasteiger partial charge in [-0.15, -0.1) is 0 Å². The Morgan fingerprint density at radius 2 is 1.83 bits per heavy atom. The lowest BCUT2D eigenvalue weighted by atomic mass is 10.1. The molecule has 0 unspecified atom stereocenters. The number of nitro benzene ring substituents is 1. The molecule has 4 rings (SSSR count). The molecular weight excluding hydrogens is 599 g/mol. The zero-order chi connectivity index (χ0) is 25.8. The van der Waals surface area contributed by atoms with Crippen LogP contribution in [0, 0.1) is 13.7 Å². The van der Waals surface area contributed by atoms with Gasteiger partial charge in [-0.1, -0.05) is 30.3 Å². The van der Waals surface area contributed by atoms with Gasteiger partial charge in [-0.3, -0.25) is 24.6 Å². The molecule has 182 valence electrons. The number of ether oxygens (including phenoxy) is 1. The number of aromatic carboxylic acids is 1. The Labute approximate surface area is 223 Å². The number of carbonyl (C=O) groups is 3. The highest BCUT2D eigenvalue weighted by Crippen LogP contribution is 2.34. The first-order valence-corrected chi connectivity index (χ1v) is 12.3. The number of amides is 2. The minimum Gasteiger partial charge on any atom is -0.488 e. The highest BCUT2D eigenvalue weighted by atomic mass is 127. The van der Waals surface area contributed by atoms with Crippen LogP contribution < -0.4 is 4.74 Å². The van der Waals surface area contributed by atoms with E-state index in [-0.39, 0.29) is 29.3 Å². The van der Waals surface area contributed by atoms with E-state index >= 15 is 0 Å². The molecule has 11 heteroatoms. The first-order chi connectivity index (χ1) is 17.2. The Kier molecular flexibility index (Phi) is 7.70. The molecule has 0 aromatic heterocycles. The van der Waals surface area contributed by atoms with Gasteiger partial charge < -0.3 is 9.84 Å². The number of carboxylic acids is 1. The van der Waals surface area contributed by atoms with Crippen LogP contribution in [0.1, 0.15) is 27.0 Å². The summed E-state index contributed by atoms with van der Waals surface area (Å²) in [4.78, 5) is 48.0. The second kappa shape index (κ2) is 10.9. The van der Waals surface area contributed by atoms with E-state index in [0.717, 1.165) is 25.8 Å². The number of carbonyl (C=O) groups excluding carboxylic acids is 2. The van der Waals surface area contributed by atoms with E-state index < -0.39 is 22.0 Å². The van der Waals surface area contributed by atoms with Crippen molar-refractivity contribution in [3.8, 4) is 5.75 Å². The lowest BCUT2D eigenvalue weighted by Crippen LogP contribution is -2.27. The Bertz CT molecular complexity index is 1410. The third kappa shape index (κ3) is 5.91. The molecule has 2 amide bonds. The predicted octanol–water partition coefficient (Wildman–Crippen LogP) is 5.71. The van der Waals surface area contributed by atoms with Gasteiger partial charge in [0.1, 0.15) is 12.4 Å². The van der Waals surface area contributed by atoms with E-state index in [1.165, 1.54) is 30.3 Å². The van der Waals surface area contributed by atoms with Gasteiger partial charge in [-0.2, -0.15) is 0 Å². The monoisotopic (exact) mass is 616 g/mol. The summed E-state index contributed by atoms with van der Waals surface area (Å²) in [6.45, 7) is 0.202. The molecule has 0 bridgehead atoms. The van der Waals surface area contributed by atoms with Crippen molar-refractivity contribution in [1.29, 1.82) is 0 Å². The fourth-order valence-corrected chi connectivity index (χ4v) is 4.90. The zero-order valence-electron chi connectivity index (χ0n) is 18.4. The molecule has 0 saturated carbocycles. The molecule has 1 heterocycles. The normalized spacial score (nSPS) is 14.4. The second-order valence-corrected chi connectivity index (χ2v) is 9.83. The number of nitro groups is 1. The van der Waals surface area contributed by atoms with Crippen molar-refractivity contribution in [3.05, 3.63) is 108 Å². The van der Waals surface area contributed by atoms with Crippen molar-refractivity contribution in [2.75, 3.05) is 0 Å². The van der Waals surface area contributed by atoms with Gasteiger partial charge in [0.2, 0.25) is 0 Å². The van der Waals surface area contributed by atoms with Crippen LogP contribution >= 0.6 is 34.4 Å². The van der Waals surface area contributed by atoms with E-state index in [9.17, 15) is 24.5 Å². The maximum atomic E-state index is 12.8. The summed E-state index contributed by atoms with van der Waals surface area (Å²) in [5.41, 5.74) is 2.11. The van der Waals surface area contributed by atoms with Crippen molar-refractivity contribution < 1.29 is 29.2 Å². The van der Waals surface area contributed by atoms with Gasteiger partial charge >= 0.3 is 5.97 Å². The van der Waals surface area contributed by atoms with Crippen molar-refractivity contribution in [1.82, 2.24) is 4.90 Å². The fourth-order valence-electron chi connectivity index (χ4n) is 3.37. The lowest BCUT2D eigenvalue weighted by Gasteiger charge is -2.12. The van der Waals surface area contributed by atoms with Crippen LogP contribution in [0.15, 0.2) is 71.6 Å². The van der Waals surface area contributed by atoms with Gasteiger partial charge in [-0.25, -0.2) is 4.79 Å². The maximum absolute atomic E-state index is 12.8. The topological polar surface area (TPSA) is 127 Å². The molecule has 3 aromatic rings. The number of thioether (sulfide) groups is 1. The largest absolute Gasteiger partial charge is 0.488 e. The quantitative estimate of drug-likeness (QED) is 0.148. The summed E-state index contributed by atoms with van der Waals surface area (Å²) >= 11 is 2.93. The summed E-state index contributed by atoms with van der Waals surface area (Å²) in [7, 11) is 0. The SMILES string of the molecule is O=C(O)c1ccc(COc2ccc(/C=C3/SC(=O)N(Cc4cccc([N+](=O)[O-])c4)C3=O)cc2I)cc1. The summed E-state index contributed by atoms with van der Waals surface area (Å²) in [5.74, 6) is -0.833. The van der Waals surface area contributed by atoms with Crippen LogP contribution in [-0.4, -0.2) is 32.0 Å². The third-order valence-corrected chi connectivity index (χ3v) is 6.93. The summed E-state index contributed by atoms with van der Waals surface area (Å²) < 4.78 is 6.63. The minimum atomic E-state index is -0.991. The van der Waals surface area contributed by atoms with E-state index in [1.54, 1.807) is 36.4 Å². The highest BCUT2D eigenvalue weighted by molar-refractivity contribution is 14.1. The molecule has 0 radical (unpaired) electrons. The van der Waals surface area contributed by atoms with Gasteiger partial charge in [-0.05, 0) is 81.4 Å². The Hall–Kier alpha value is -3.71. The van der Waals surface area contributed by atoms with Crippen LogP contribution in [0.5, 0.6) is 5.75 Å². The summed E-state index contributed by atoms with van der Waals surface area (Å²) in [5, 5.41) is 19.5. The van der Waals surface area contributed by atoms with Crippen molar-refractivity contribution in [2.24, 2.45) is 0 Å². The van der Waals surface area contributed by atoms with E-state index in [1.807, 2.05) is 6.07 Å². The molecule has 1 fully saturated rings.